The fourth-order valence-electron chi connectivity index (χ4n) is 3.01. The quantitative estimate of drug-likeness (QED) is 0.814. The number of carbonyl (C=O) groups is 1. The van der Waals surface area contributed by atoms with Crippen LogP contribution in [0.15, 0.2) is 47.8 Å². The number of hydrogen-bond donors (Lipinski definition) is 1. The van der Waals surface area contributed by atoms with Gasteiger partial charge in [0.25, 0.3) is 0 Å². The lowest BCUT2D eigenvalue weighted by molar-refractivity contribution is -0.119. The Hall–Kier alpha value is -1.30. The number of ether oxygens (including phenoxy) is 1. The van der Waals surface area contributed by atoms with Crippen LogP contribution in [0.5, 0.6) is 0 Å². The van der Waals surface area contributed by atoms with E-state index in [0.29, 0.717) is 12.3 Å². The molecule has 1 saturated heterocycles. The van der Waals surface area contributed by atoms with Crippen molar-refractivity contribution < 1.29 is 9.53 Å². The highest BCUT2D eigenvalue weighted by molar-refractivity contribution is 7.99. The lowest BCUT2D eigenvalue weighted by Crippen LogP contribution is -2.44. The number of benzene rings is 1. The van der Waals surface area contributed by atoms with Crippen LogP contribution in [0.3, 0.4) is 0 Å². The van der Waals surface area contributed by atoms with Crippen LogP contribution in [-0.2, 0) is 20.7 Å². The molecule has 0 bridgehead atoms. The van der Waals surface area contributed by atoms with Gasteiger partial charge in [0.15, 0.2) is 0 Å². The molecule has 1 N–H and O–H groups in total. The lowest BCUT2D eigenvalue weighted by Gasteiger charge is -2.36. The summed E-state index contributed by atoms with van der Waals surface area (Å²) in [5.74, 6) is 1.50. The van der Waals surface area contributed by atoms with Gasteiger partial charge in [-0.1, -0.05) is 36.4 Å². The average molecular weight is 362 g/mol. The molecule has 128 valence electrons. The fraction of sp³-hybridized carbons (Fsp3) is 0.421. The Morgan fingerprint density at radius 1 is 1.17 bits per heavy atom. The summed E-state index contributed by atoms with van der Waals surface area (Å²) in [5, 5.41) is 5.27. The first-order valence-electron chi connectivity index (χ1n) is 8.29. The third-order valence-corrected chi connectivity index (χ3v) is 6.58. The zero-order valence-electron chi connectivity index (χ0n) is 13.7. The summed E-state index contributed by atoms with van der Waals surface area (Å²) in [5.41, 5.74) is 1.31. The molecule has 24 heavy (non-hydrogen) atoms. The van der Waals surface area contributed by atoms with E-state index in [9.17, 15) is 4.79 Å². The molecule has 2 heterocycles. The van der Waals surface area contributed by atoms with E-state index < -0.39 is 0 Å². The first kappa shape index (κ1) is 17.5. The molecule has 3 nitrogen and oxygen atoms in total. The Bertz CT molecular complexity index is 622. The molecule has 0 radical (unpaired) electrons. The maximum absolute atomic E-state index is 12.2. The summed E-state index contributed by atoms with van der Waals surface area (Å²) in [6.45, 7) is 2.26. The van der Waals surface area contributed by atoms with Crippen LogP contribution in [0.4, 0.5) is 0 Å². The zero-order valence-corrected chi connectivity index (χ0v) is 15.3. The number of thioether (sulfide) groups is 1. The van der Waals surface area contributed by atoms with Crippen molar-refractivity contribution in [2.75, 3.05) is 25.5 Å². The van der Waals surface area contributed by atoms with Gasteiger partial charge in [-0.2, -0.15) is 0 Å². The molecule has 0 aliphatic carbocycles. The number of thiophene rings is 1. The van der Waals surface area contributed by atoms with Gasteiger partial charge in [0, 0.05) is 35.8 Å². The van der Waals surface area contributed by atoms with Gasteiger partial charge < -0.3 is 10.1 Å². The van der Waals surface area contributed by atoms with Crippen molar-refractivity contribution in [2.24, 2.45) is 0 Å². The Balaban J connectivity index is 1.48. The molecule has 0 spiro atoms. The largest absolute Gasteiger partial charge is 0.381 e. The molecule has 0 atom stereocenters. The summed E-state index contributed by atoms with van der Waals surface area (Å²) >= 11 is 3.45. The zero-order chi connectivity index (χ0) is 16.7. The molecular weight excluding hydrogens is 338 g/mol. The minimum atomic E-state index is 0.0478. The predicted octanol–water partition coefficient (Wildman–Crippen LogP) is 3.85. The molecule has 2 aromatic rings. The molecule has 1 aromatic heterocycles. The van der Waals surface area contributed by atoms with Crippen molar-refractivity contribution in [3.05, 3.63) is 58.3 Å². The summed E-state index contributed by atoms with van der Waals surface area (Å²) in [7, 11) is 0. The smallest absolute Gasteiger partial charge is 0.230 e. The Labute approximate surface area is 151 Å². The van der Waals surface area contributed by atoms with Crippen LogP contribution in [-0.4, -0.2) is 31.4 Å². The van der Waals surface area contributed by atoms with Crippen LogP contribution in [0.25, 0.3) is 0 Å². The summed E-state index contributed by atoms with van der Waals surface area (Å²) in [6, 6.07) is 14.6. The predicted molar refractivity (Wildman–Crippen MR) is 102 cm³/mol. The fourth-order valence-corrected chi connectivity index (χ4v) is 4.81. The summed E-state index contributed by atoms with van der Waals surface area (Å²) in [6.07, 6.45) is 1.95. The van der Waals surface area contributed by atoms with E-state index >= 15 is 0 Å². The molecule has 5 heteroatoms. The molecule has 1 fully saturated rings. The van der Waals surface area contributed by atoms with Gasteiger partial charge >= 0.3 is 0 Å². The number of rotatable bonds is 7. The van der Waals surface area contributed by atoms with E-state index in [0.717, 1.165) is 31.8 Å². The van der Waals surface area contributed by atoms with Crippen LogP contribution in [0, 0.1) is 0 Å². The average Bonchev–Trinajstić information content (AvgIpc) is 3.17. The number of carbonyl (C=O) groups excluding carboxylic acids is 1. The molecule has 1 aromatic carbocycles. The molecular formula is C19H23NO2S2. The van der Waals surface area contributed by atoms with E-state index in [4.69, 9.17) is 4.74 Å². The number of hydrogen-bond acceptors (Lipinski definition) is 4. The van der Waals surface area contributed by atoms with Crippen LogP contribution >= 0.6 is 23.1 Å². The standard InChI is InChI=1S/C19H23NO2S2/c21-18(14-23-13-16-5-2-1-3-6-16)20-15-19(8-10-22-11-9-19)17-7-4-12-24-17/h1-7,12H,8-11,13-15H2,(H,20,21). The van der Waals surface area contributed by atoms with Gasteiger partial charge in [-0.15, -0.1) is 23.1 Å². The molecule has 1 aliphatic heterocycles. The van der Waals surface area contributed by atoms with Gasteiger partial charge in [-0.05, 0) is 29.9 Å². The van der Waals surface area contributed by atoms with E-state index in [1.54, 1.807) is 23.1 Å². The Morgan fingerprint density at radius 3 is 2.67 bits per heavy atom. The van der Waals surface area contributed by atoms with E-state index in [1.165, 1.54) is 10.4 Å². The van der Waals surface area contributed by atoms with Crippen LogP contribution < -0.4 is 5.32 Å². The molecule has 3 rings (SSSR count). The van der Waals surface area contributed by atoms with Crippen molar-refractivity contribution in [3.8, 4) is 0 Å². The number of nitrogens with one attached hydrogen (secondary N) is 1. The minimum Gasteiger partial charge on any atom is -0.381 e. The first-order valence-corrected chi connectivity index (χ1v) is 10.3. The molecule has 1 amide bonds. The van der Waals surface area contributed by atoms with Gasteiger partial charge in [-0.25, -0.2) is 0 Å². The topological polar surface area (TPSA) is 38.3 Å². The third kappa shape index (κ3) is 4.62. The van der Waals surface area contributed by atoms with Gasteiger partial charge in [-0.3, -0.25) is 4.79 Å². The lowest BCUT2D eigenvalue weighted by atomic mass is 9.78. The molecule has 1 aliphatic rings. The Morgan fingerprint density at radius 2 is 1.96 bits per heavy atom. The van der Waals surface area contributed by atoms with E-state index in [2.05, 4.69) is 35.0 Å². The minimum absolute atomic E-state index is 0.0478. The van der Waals surface area contributed by atoms with E-state index in [1.807, 2.05) is 18.2 Å². The van der Waals surface area contributed by atoms with Crippen molar-refractivity contribution in [1.82, 2.24) is 5.32 Å². The highest BCUT2D eigenvalue weighted by Gasteiger charge is 2.35. The molecule has 0 saturated carbocycles. The second-order valence-corrected chi connectivity index (χ2v) is 8.06. The third-order valence-electron chi connectivity index (χ3n) is 4.46. The monoisotopic (exact) mass is 361 g/mol. The van der Waals surface area contributed by atoms with Crippen LogP contribution in [0.2, 0.25) is 0 Å². The molecule has 0 unspecified atom stereocenters. The van der Waals surface area contributed by atoms with Crippen molar-refractivity contribution in [3.63, 3.8) is 0 Å². The maximum Gasteiger partial charge on any atom is 0.230 e. The number of amides is 1. The summed E-state index contributed by atoms with van der Waals surface area (Å²) in [4.78, 5) is 13.6. The Kier molecular flexibility index (Phi) is 6.35. The van der Waals surface area contributed by atoms with Crippen LogP contribution in [0.1, 0.15) is 23.3 Å². The summed E-state index contributed by atoms with van der Waals surface area (Å²) < 4.78 is 5.53. The highest BCUT2D eigenvalue weighted by Crippen LogP contribution is 2.36. The van der Waals surface area contributed by atoms with Gasteiger partial charge in [0.1, 0.15) is 0 Å². The van der Waals surface area contributed by atoms with Crippen molar-refractivity contribution >= 4 is 29.0 Å². The maximum atomic E-state index is 12.2. The van der Waals surface area contributed by atoms with Crippen molar-refractivity contribution in [2.45, 2.75) is 24.0 Å². The van der Waals surface area contributed by atoms with Gasteiger partial charge in [0.05, 0.1) is 5.75 Å². The van der Waals surface area contributed by atoms with Gasteiger partial charge in [0.2, 0.25) is 5.91 Å². The second kappa shape index (κ2) is 8.70. The SMILES string of the molecule is O=C(CSCc1ccccc1)NCC1(c2cccs2)CCOCC1. The second-order valence-electron chi connectivity index (χ2n) is 6.13. The van der Waals surface area contributed by atoms with Crippen molar-refractivity contribution in [1.29, 1.82) is 0 Å². The highest BCUT2D eigenvalue weighted by atomic mass is 32.2. The van der Waals surface area contributed by atoms with E-state index in [-0.39, 0.29) is 11.3 Å². The first-order chi connectivity index (χ1) is 11.8. The normalized spacial score (nSPS) is 16.7.